The van der Waals surface area contributed by atoms with E-state index in [2.05, 4.69) is 34.4 Å². The number of nitrogens with zero attached hydrogens (tertiary/aromatic N) is 3. The van der Waals surface area contributed by atoms with Crippen LogP contribution in [0.1, 0.15) is 19.5 Å². The van der Waals surface area contributed by atoms with Gasteiger partial charge in [0.05, 0.1) is 18.8 Å². The highest BCUT2D eigenvalue weighted by molar-refractivity contribution is 8.14. The van der Waals surface area contributed by atoms with Gasteiger partial charge in [0, 0.05) is 11.4 Å². The summed E-state index contributed by atoms with van der Waals surface area (Å²) in [7, 11) is 0. The summed E-state index contributed by atoms with van der Waals surface area (Å²) in [6.45, 7) is 6.09. The van der Waals surface area contributed by atoms with Gasteiger partial charge in [-0.15, -0.1) is 0 Å². The molecule has 1 N–H and O–H groups in total. The Balaban J connectivity index is 1.80. The number of aromatic nitrogens is 2. The van der Waals surface area contributed by atoms with Gasteiger partial charge < -0.3 is 5.32 Å². The SMILES string of the molecule is CC(C)C1CN=C(NCc2cccnn2)S1. The average Bonchev–Trinajstić information content (AvgIpc) is 2.76. The van der Waals surface area contributed by atoms with Crippen molar-refractivity contribution < 1.29 is 0 Å². The van der Waals surface area contributed by atoms with Crippen LogP contribution in [0.5, 0.6) is 0 Å². The van der Waals surface area contributed by atoms with Crippen LogP contribution in [-0.2, 0) is 6.54 Å². The van der Waals surface area contributed by atoms with E-state index in [1.54, 1.807) is 6.20 Å². The zero-order chi connectivity index (χ0) is 11.4. The Bertz CT molecular complexity index is 364. The molecule has 0 bridgehead atoms. The number of amidine groups is 1. The maximum atomic E-state index is 4.47. The van der Waals surface area contributed by atoms with Crippen LogP contribution in [0, 0.1) is 5.92 Å². The molecule has 5 heteroatoms. The van der Waals surface area contributed by atoms with Gasteiger partial charge in [-0.25, -0.2) is 0 Å². The van der Waals surface area contributed by atoms with Crippen LogP contribution in [0.4, 0.5) is 0 Å². The maximum absolute atomic E-state index is 4.47. The highest BCUT2D eigenvalue weighted by atomic mass is 32.2. The fourth-order valence-corrected chi connectivity index (χ4v) is 2.44. The van der Waals surface area contributed by atoms with E-state index in [0.717, 1.165) is 17.4 Å². The Kier molecular flexibility index (Phi) is 3.77. The summed E-state index contributed by atoms with van der Waals surface area (Å²) in [6.07, 6.45) is 1.68. The number of nitrogens with one attached hydrogen (secondary N) is 1. The van der Waals surface area contributed by atoms with E-state index in [1.165, 1.54) is 0 Å². The Morgan fingerprint density at radius 1 is 1.56 bits per heavy atom. The summed E-state index contributed by atoms with van der Waals surface area (Å²) < 4.78 is 0. The van der Waals surface area contributed by atoms with Crippen molar-refractivity contribution in [3.63, 3.8) is 0 Å². The zero-order valence-corrected chi connectivity index (χ0v) is 10.4. The van der Waals surface area contributed by atoms with Crippen molar-refractivity contribution in [2.75, 3.05) is 6.54 Å². The van der Waals surface area contributed by atoms with Crippen molar-refractivity contribution in [2.45, 2.75) is 25.6 Å². The van der Waals surface area contributed by atoms with E-state index in [0.29, 0.717) is 17.7 Å². The molecule has 0 radical (unpaired) electrons. The summed E-state index contributed by atoms with van der Waals surface area (Å²) in [5, 5.41) is 12.8. The van der Waals surface area contributed by atoms with Gasteiger partial charge in [0.25, 0.3) is 0 Å². The van der Waals surface area contributed by atoms with Gasteiger partial charge in [0.1, 0.15) is 0 Å². The summed E-state index contributed by atoms with van der Waals surface area (Å²) in [6, 6.07) is 3.85. The van der Waals surface area contributed by atoms with Gasteiger partial charge in [-0.1, -0.05) is 25.6 Å². The van der Waals surface area contributed by atoms with Gasteiger partial charge in [0.2, 0.25) is 0 Å². The first-order valence-electron chi connectivity index (χ1n) is 5.47. The third kappa shape index (κ3) is 2.95. The summed E-state index contributed by atoms with van der Waals surface area (Å²) in [5.41, 5.74) is 0.943. The van der Waals surface area contributed by atoms with E-state index in [-0.39, 0.29) is 0 Å². The quantitative estimate of drug-likeness (QED) is 0.867. The topological polar surface area (TPSA) is 50.2 Å². The standard InChI is InChI=1S/C11H16N4S/c1-8(2)10-7-13-11(16-10)12-6-9-4-3-5-14-15-9/h3-5,8,10H,6-7H2,1-2H3,(H,12,13). The molecular formula is C11H16N4S. The molecule has 0 spiro atoms. The van der Waals surface area contributed by atoms with Crippen LogP contribution in [-0.4, -0.2) is 27.2 Å². The first-order valence-corrected chi connectivity index (χ1v) is 6.35. The van der Waals surface area contributed by atoms with Crippen LogP contribution < -0.4 is 5.32 Å². The third-order valence-electron chi connectivity index (χ3n) is 2.47. The molecule has 0 saturated heterocycles. The van der Waals surface area contributed by atoms with E-state index in [4.69, 9.17) is 0 Å². The smallest absolute Gasteiger partial charge is 0.157 e. The van der Waals surface area contributed by atoms with Crippen LogP contribution >= 0.6 is 11.8 Å². The number of thioether (sulfide) groups is 1. The van der Waals surface area contributed by atoms with Crippen molar-refractivity contribution in [3.05, 3.63) is 24.0 Å². The molecule has 2 rings (SSSR count). The lowest BCUT2D eigenvalue weighted by molar-refractivity contribution is 0.621. The predicted octanol–water partition coefficient (Wildman–Crippen LogP) is 1.69. The van der Waals surface area contributed by atoms with E-state index in [1.807, 2.05) is 23.9 Å². The van der Waals surface area contributed by atoms with Crippen molar-refractivity contribution in [1.29, 1.82) is 0 Å². The Morgan fingerprint density at radius 3 is 3.06 bits per heavy atom. The molecule has 0 amide bonds. The molecule has 0 fully saturated rings. The lowest BCUT2D eigenvalue weighted by Gasteiger charge is -2.11. The van der Waals surface area contributed by atoms with Crippen LogP contribution in [0.15, 0.2) is 23.3 Å². The zero-order valence-electron chi connectivity index (χ0n) is 9.55. The van der Waals surface area contributed by atoms with Crippen molar-refractivity contribution in [1.82, 2.24) is 15.5 Å². The Labute approximate surface area is 100.0 Å². The minimum Gasteiger partial charge on any atom is -0.359 e. The number of rotatable bonds is 3. The van der Waals surface area contributed by atoms with Gasteiger partial charge >= 0.3 is 0 Å². The minimum atomic E-state index is 0.615. The van der Waals surface area contributed by atoms with Crippen LogP contribution in [0.25, 0.3) is 0 Å². The molecule has 4 nitrogen and oxygen atoms in total. The fourth-order valence-electron chi connectivity index (χ4n) is 1.43. The van der Waals surface area contributed by atoms with E-state index >= 15 is 0 Å². The molecule has 2 heterocycles. The molecule has 1 aliphatic heterocycles. The van der Waals surface area contributed by atoms with Gasteiger partial charge in [0.15, 0.2) is 5.17 Å². The van der Waals surface area contributed by atoms with Gasteiger partial charge in [-0.05, 0) is 18.1 Å². The molecule has 1 atom stereocenters. The minimum absolute atomic E-state index is 0.615. The first kappa shape index (κ1) is 11.4. The lowest BCUT2D eigenvalue weighted by atomic mass is 10.1. The second kappa shape index (κ2) is 5.30. The van der Waals surface area contributed by atoms with E-state index < -0.39 is 0 Å². The molecule has 1 aromatic rings. The number of hydrogen-bond acceptors (Lipinski definition) is 5. The highest BCUT2D eigenvalue weighted by Gasteiger charge is 2.22. The highest BCUT2D eigenvalue weighted by Crippen LogP contribution is 2.25. The fraction of sp³-hybridized carbons (Fsp3) is 0.545. The molecule has 0 saturated carbocycles. The molecule has 0 aromatic carbocycles. The van der Waals surface area contributed by atoms with Crippen molar-refractivity contribution in [2.24, 2.45) is 10.9 Å². The molecule has 1 unspecified atom stereocenters. The third-order valence-corrected chi connectivity index (χ3v) is 3.96. The molecule has 1 aliphatic rings. The van der Waals surface area contributed by atoms with Crippen LogP contribution in [0.3, 0.4) is 0 Å². The van der Waals surface area contributed by atoms with Gasteiger partial charge in [-0.3, -0.25) is 4.99 Å². The molecular weight excluding hydrogens is 220 g/mol. The number of hydrogen-bond donors (Lipinski definition) is 1. The normalized spacial score (nSPS) is 19.9. The average molecular weight is 236 g/mol. The first-order chi connectivity index (χ1) is 7.75. The maximum Gasteiger partial charge on any atom is 0.157 e. The Hall–Kier alpha value is -1.10. The number of aliphatic imine (C=N–C) groups is 1. The van der Waals surface area contributed by atoms with Crippen molar-refractivity contribution in [3.8, 4) is 0 Å². The predicted molar refractivity (Wildman–Crippen MR) is 67.4 cm³/mol. The molecule has 1 aromatic heterocycles. The van der Waals surface area contributed by atoms with Crippen molar-refractivity contribution >= 4 is 16.9 Å². The lowest BCUT2D eigenvalue weighted by Crippen LogP contribution is -2.20. The molecule has 16 heavy (non-hydrogen) atoms. The van der Waals surface area contributed by atoms with E-state index in [9.17, 15) is 0 Å². The molecule has 86 valence electrons. The second-order valence-electron chi connectivity index (χ2n) is 4.11. The largest absolute Gasteiger partial charge is 0.359 e. The molecule has 0 aliphatic carbocycles. The second-order valence-corrected chi connectivity index (χ2v) is 5.34. The monoisotopic (exact) mass is 236 g/mol. The summed E-state index contributed by atoms with van der Waals surface area (Å²) >= 11 is 1.83. The Morgan fingerprint density at radius 2 is 2.44 bits per heavy atom. The van der Waals surface area contributed by atoms with Crippen LogP contribution in [0.2, 0.25) is 0 Å². The summed E-state index contributed by atoms with van der Waals surface area (Å²) in [4.78, 5) is 4.47. The summed E-state index contributed by atoms with van der Waals surface area (Å²) in [5.74, 6) is 0.671. The van der Waals surface area contributed by atoms with Gasteiger partial charge in [-0.2, -0.15) is 10.2 Å².